The van der Waals surface area contributed by atoms with Crippen LogP contribution in [0.3, 0.4) is 0 Å². The van der Waals surface area contributed by atoms with Gasteiger partial charge in [0.25, 0.3) is 0 Å². The third-order valence-corrected chi connectivity index (χ3v) is 2.53. The first kappa shape index (κ1) is 12.3. The highest BCUT2D eigenvalue weighted by Gasteiger charge is 2.06. The molecule has 5 heteroatoms. The SMILES string of the molecule is CCCc1cc(NC(=O)Cc2ccncc2)n[nH]1. The summed E-state index contributed by atoms with van der Waals surface area (Å²) in [5, 5.41) is 9.72. The standard InChI is InChI=1S/C13H16N4O/c1-2-3-11-9-12(17-16-11)15-13(18)8-10-4-6-14-7-5-10/h4-7,9H,2-3,8H2,1H3,(H2,15,16,17,18). The number of hydrogen-bond donors (Lipinski definition) is 2. The molecule has 0 aliphatic carbocycles. The second kappa shape index (κ2) is 5.95. The summed E-state index contributed by atoms with van der Waals surface area (Å²) in [7, 11) is 0. The number of hydrogen-bond acceptors (Lipinski definition) is 3. The van der Waals surface area contributed by atoms with Gasteiger partial charge in [0, 0.05) is 24.2 Å². The van der Waals surface area contributed by atoms with Crippen LogP contribution in [-0.2, 0) is 17.6 Å². The minimum Gasteiger partial charge on any atom is -0.309 e. The minimum absolute atomic E-state index is 0.0734. The van der Waals surface area contributed by atoms with Crippen molar-refractivity contribution >= 4 is 11.7 Å². The quantitative estimate of drug-likeness (QED) is 0.844. The first-order chi connectivity index (χ1) is 8.78. The van der Waals surface area contributed by atoms with E-state index in [-0.39, 0.29) is 5.91 Å². The van der Waals surface area contributed by atoms with Crippen molar-refractivity contribution < 1.29 is 4.79 Å². The molecule has 0 radical (unpaired) electrons. The van der Waals surface area contributed by atoms with Crippen LogP contribution in [-0.4, -0.2) is 21.1 Å². The Balaban J connectivity index is 1.90. The van der Waals surface area contributed by atoms with E-state index in [0.717, 1.165) is 24.1 Å². The van der Waals surface area contributed by atoms with Gasteiger partial charge in [0.05, 0.1) is 6.42 Å². The van der Waals surface area contributed by atoms with Crippen molar-refractivity contribution in [2.75, 3.05) is 5.32 Å². The van der Waals surface area contributed by atoms with E-state index in [2.05, 4.69) is 27.4 Å². The molecule has 2 heterocycles. The molecule has 0 aromatic carbocycles. The largest absolute Gasteiger partial charge is 0.309 e. The molecule has 0 saturated heterocycles. The Morgan fingerprint density at radius 3 is 2.89 bits per heavy atom. The first-order valence-electron chi connectivity index (χ1n) is 6.01. The van der Waals surface area contributed by atoms with Crippen molar-refractivity contribution in [3.05, 3.63) is 41.9 Å². The Morgan fingerprint density at radius 1 is 1.39 bits per heavy atom. The van der Waals surface area contributed by atoms with Gasteiger partial charge in [0.2, 0.25) is 5.91 Å². The van der Waals surface area contributed by atoms with Crippen LogP contribution < -0.4 is 5.32 Å². The summed E-state index contributed by atoms with van der Waals surface area (Å²) in [5.74, 6) is 0.508. The highest BCUT2D eigenvalue weighted by Crippen LogP contribution is 2.08. The Bertz CT molecular complexity index is 507. The number of amides is 1. The predicted molar refractivity (Wildman–Crippen MR) is 69.2 cm³/mol. The van der Waals surface area contributed by atoms with Crippen molar-refractivity contribution in [3.8, 4) is 0 Å². The highest BCUT2D eigenvalue weighted by atomic mass is 16.1. The molecule has 0 spiro atoms. The van der Waals surface area contributed by atoms with Crippen LogP contribution in [0.15, 0.2) is 30.6 Å². The fourth-order valence-corrected chi connectivity index (χ4v) is 1.70. The maximum absolute atomic E-state index is 11.8. The Morgan fingerprint density at radius 2 is 2.17 bits per heavy atom. The minimum atomic E-state index is -0.0734. The van der Waals surface area contributed by atoms with E-state index >= 15 is 0 Å². The van der Waals surface area contributed by atoms with Crippen molar-refractivity contribution in [3.63, 3.8) is 0 Å². The van der Waals surface area contributed by atoms with Crippen molar-refractivity contribution in [1.82, 2.24) is 15.2 Å². The maximum atomic E-state index is 11.8. The van der Waals surface area contributed by atoms with Crippen molar-refractivity contribution in [1.29, 1.82) is 0 Å². The Kier molecular flexibility index (Phi) is 4.06. The number of H-pyrrole nitrogens is 1. The molecule has 2 aromatic heterocycles. The summed E-state index contributed by atoms with van der Waals surface area (Å²) in [5.41, 5.74) is 1.98. The van der Waals surface area contributed by atoms with Gasteiger partial charge in [-0.25, -0.2) is 0 Å². The molecule has 0 bridgehead atoms. The summed E-state index contributed by atoms with van der Waals surface area (Å²) in [6.07, 6.45) is 5.67. The van der Waals surface area contributed by atoms with Gasteiger partial charge in [-0.2, -0.15) is 5.10 Å². The Labute approximate surface area is 106 Å². The van der Waals surface area contributed by atoms with Crippen LogP contribution in [0.5, 0.6) is 0 Å². The number of anilines is 1. The molecule has 0 fully saturated rings. The van der Waals surface area contributed by atoms with Gasteiger partial charge in [-0.1, -0.05) is 13.3 Å². The predicted octanol–water partition coefficient (Wildman–Crippen LogP) is 1.94. The lowest BCUT2D eigenvalue weighted by Crippen LogP contribution is -2.14. The zero-order chi connectivity index (χ0) is 12.8. The van der Waals surface area contributed by atoms with Crippen molar-refractivity contribution in [2.45, 2.75) is 26.2 Å². The summed E-state index contributed by atoms with van der Waals surface area (Å²) in [6, 6.07) is 5.52. The van der Waals surface area contributed by atoms with Gasteiger partial charge in [-0.05, 0) is 24.1 Å². The van der Waals surface area contributed by atoms with Gasteiger partial charge in [-0.3, -0.25) is 14.9 Å². The number of rotatable bonds is 5. The smallest absolute Gasteiger partial charge is 0.229 e. The molecule has 2 rings (SSSR count). The first-order valence-corrected chi connectivity index (χ1v) is 6.01. The normalized spacial score (nSPS) is 10.3. The maximum Gasteiger partial charge on any atom is 0.229 e. The van der Waals surface area contributed by atoms with Gasteiger partial charge in [0.1, 0.15) is 0 Å². The zero-order valence-corrected chi connectivity index (χ0v) is 10.3. The number of aryl methyl sites for hydroxylation is 1. The van der Waals surface area contributed by atoms with E-state index in [1.165, 1.54) is 0 Å². The highest BCUT2D eigenvalue weighted by molar-refractivity contribution is 5.91. The van der Waals surface area contributed by atoms with Crippen molar-refractivity contribution in [2.24, 2.45) is 0 Å². The van der Waals surface area contributed by atoms with Crippen LogP contribution in [0, 0.1) is 0 Å². The monoisotopic (exact) mass is 244 g/mol. The van der Waals surface area contributed by atoms with E-state index in [9.17, 15) is 4.79 Å². The van der Waals surface area contributed by atoms with E-state index < -0.39 is 0 Å². The van der Waals surface area contributed by atoms with Gasteiger partial charge >= 0.3 is 0 Å². The van der Waals surface area contributed by atoms with Gasteiger partial charge in [0.15, 0.2) is 5.82 Å². The molecule has 5 nitrogen and oxygen atoms in total. The lowest BCUT2D eigenvalue weighted by molar-refractivity contribution is -0.115. The third kappa shape index (κ3) is 3.41. The van der Waals surface area contributed by atoms with E-state index in [0.29, 0.717) is 12.2 Å². The number of carbonyl (C=O) groups is 1. The molecule has 0 aliphatic rings. The van der Waals surface area contributed by atoms with Crippen LogP contribution in [0.4, 0.5) is 5.82 Å². The third-order valence-electron chi connectivity index (χ3n) is 2.53. The molecule has 94 valence electrons. The van der Waals surface area contributed by atoms with E-state index in [4.69, 9.17) is 0 Å². The van der Waals surface area contributed by atoms with Crippen LogP contribution in [0.2, 0.25) is 0 Å². The molecular formula is C13H16N4O. The van der Waals surface area contributed by atoms with E-state index in [1.807, 2.05) is 18.2 Å². The summed E-state index contributed by atoms with van der Waals surface area (Å²) in [4.78, 5) is 15.7. The molecule has 1 amide bonds. The fraction of sp³-hybridized carbons (Fsp3) is 0.308. The summed E-state index contributed by atoms with van der Waals surface area (Å²) in [6.45, 7) is 2.10. The number of nitrogens with zero attached hydrogens (tertiary/aromatic N) is 2. The molecule has 0 aliphatic heterocycles. The zero-order valence-electron chi connectivity index (χ0n) is 10.3. The summed E-state index contributed by atoms with van der Waals surface area (Å²) >= 11 is 0. The molecule has 2 N–H and O–H groups in total. The second-order valence-corrected chi connectivity index (χ2v) is 4.11. The van der Waals surface area contributed by atoms with Crippen LogP contribution >= 0.6 is 0 Å². The topological polar surface area (TPSA) is 70.7 Å². The fourth-order valence-electron chi connectivity index (χ4n) is 1.70. The molecule has 0 unspecified atom stereocenters. The molecule has 0 saturated carbocycles. The molecular weight excluding hydrogens is 228 g/mol. The second-order valence-electron chi connectivity index (χ2n) is 4.11. The van der Waals surface area contributed by atoms with Gasteiger partial charge in [-0.15, -0.1) is 0 Å². The molecule has 18 heavy (non-hydrogen) atoms. The number of aromatic amines is 1. The lowest BCUT2D eigenvalue weighted by atomic mass is 10.2. The number of aromatic nitrogens is 3. The molecule has 0 atom stereocenters. The number of nitrogens with one attached hydrogen (secondary N) is 2. The number of carbonyl (C=O) groups excluding carboxylic acids is 1. The van der Waals surface area contributed by atoms with Gasteiger partial charge < -0.3 is 5.32 Å². The number of pyridine rings is 1. The van der Waals surface area contributed by atoms with Crippen LogP contribution in [0.1, 0.15) is 24.6 Å². The summed E-state index contributed by atoms with van der Waals surface area (Å²) < 4.78 is 0. The average molecular weight is 244 g/mol. The Hall–Kier alpha value is -2.17. The lowest BCUT2D eigenvalue weighted by Gasteiger charge is -2.01. The average Bonchev–Trinajstić information content (AvgIpc) is 2.78. The van der Waals surface area contributed by atoms with Crippen LogP contribution in [0.25, 0.3) is 0 Å². The molecule has 2 aromatic rings. The van der Waals surface area contributed by atoms with E-state index in [1.54, 1.807) is 12.4 Å².